The molecule has 2 rings (SSSR count). The summed E-state index contributed by atoms with van der Waals surface area (Å²) >= 11 is 0. The first-order valence-electron chi connectivity index (χ1n) is 4.57. The van der Waals surface area contributed by atoms with E-state index in [0.717, 1.165) is 23.4 Å². The van der Waals surface area contributed by atoms with Crippen LogP contribution in [-0.2, 0) is 6.42 Å². The lowest BCUT2D eigenvalue weighted by Gasteiger charge is -2.15. The van der Waals surface area contributed by atoms with Crippen LogP contribution in [0.25, 0.3) is 11.2 Å². The van der Waals surface area contributed by atoms with Crippen LogP contribution in [0.3, 0.4) is 0 Å². The van der Waals surface area contributed by atoms with Gasteiger partial charge in [-0.3, -0.25) is 0 Å². The van der Waals surface area contributed by atoms with E-state index in [1.807, 2.05) is 12.3 Å². The molecular formula is C10H15N3. The first-order chi connectivity index (χ1) is 6.04. The highest BCUT2D eigenvalue weighted by atomic mass is 15.0. The summed E-state index contributed by atoms with van der Waals surface area (Å²) in [5.74, 6) is 1.06. The van der Waals surface area contributed by atoms with Gasteiger partial charge in [0.15, 0.2) is 5.65 Å². The lowest BCUT2D eigenvalue weighted by Crippen LogP contribution is -2.10. The van der Waals surface area contributed by atoms with Crippen molar-refractivity contribution in [3.8, 4) is 0 Å². The van der Waals surface area contributed by atoms with Gasteiger partial charge >= 0.3 is 0 Å². The molecule has 0 aliphatic rings. The molecule has 3 nitrogen and oxygen atoms in total. The molecule has 0 unspecified atom stereocenters. The van der Waals surface area contributed by atoms with Gasteiger partial charge < -0.3 is 9.97 Å². The van der Waals surface area contributed by atoms with Gasteiger partial charge in [0, 0.05) is 12.6 Å². The number of hydrogen-bond acceptors (Lipinski definition) is 1. The van der Waals surface area contributed by atoms with Crippen molar-refractivity contribution in [3.63, 3.8) is 0 Å². The Balaban J connectivity index is 2.30. The standard InChI is InChI=1S/C10H15N3/c1-10(2,3)6-8-12-7-4-5-11-9(7)13-8/h4-5,11H,6H2,1-3H3,(H,12,13). The number of H-pyrrole nitrogens is 2. The quantitative estimate of drug-likeness (QED) is 0.690. The fourth-order valence-electron chi connectivity index (χ4n) is 1.46. The molecule has 0 aliphatic carbocycles. The van der Waals surface area contributed by atoms with E-state index in [4.69, 9.17) is 0 Å². The van der Waals surface area contributed by atoms with Crippen LogP contribution < -0.4 is 0 Å². The average Bonchev–Trinajstić information content (AvgIpc) is 2.40. The summed E-state index contributed by atoms with van der Waals surface area (Å²) in [5, 5.41) is 0. The van der Waals surface area contributed by atoms with Crippen LogP contribution in [0.1, 0.15) is 26.6 Å². The van der Waals surface area contributed by atoms with Crippen LogP contribution >= 0.6 is 0 Å². The molecule has 0 radical (unpaired) electrons. The highest BCUT2D eigenvalue weighted by Gasteiger charge is 2.14. The Morgan fingerprint density at radius 3 is 2.77 bits per heavy atom. The van der Waals surface area contributed by atoms with Crippen molar-refractivity contribution in [1.29, 1.82) is 0 Å². The Bertz CT molecular complexity index is 374. The molecule has 0 aliphatic heterocycles. The van der Waals surface area contributed by atoms with Crippen molar-refractivity contribution in [2.24, 2.45) is 5.41 Å². The van der Waals surface area contributed by atoms with Crippen molar-refractivity contribution in [2.75, 3.05) is 0 Å². The fraction of sp³-hybridized carbons (Fsp3) is 0.500. The zero-order chi connectivity index (χ0) is 9.47. The Hall–Kier alpha value is -1.25. The molecule has 0 atom stereocenters. The normalized spacial score (nSPS) is 12.5. The predicted octanol–water partition coefficient (Wildman–Crippen LogP) is 2.48. The molecular weight excluding hydrogens is 162 g/mol. The average molecular weight is 177 g/mol. The van der Waals surface area contributed by atoms with Gasteiger partial charge in [0.25, 0.3) is 0 Å². The number of hydrogen-bond donors (Lipinski definition) is 2. The Morgan fingerprint density at radius 2 is 2.15 bits per heavy atom. The zero-order valence-corrected chi connectivity index (χ0v) is 8.31. The second kappa shape index (κ2) is 2.62. The maximum absolute atomic E-state index is 4.45. The lowest BCUT2D eigenvalue weighted by atomic mass is 9.92. The van der Waals surface area contributed by atoms with Crippen LogP contribution in [0.2, 0.25) is 0 Å². The number of aromatic amines is 2. The van der Waals surface area contributed by atoms with Gasteiger partial charge in [0.1, 0.15) is 5.82 Å². The van der Waals surface area contributed by atoms with E-state index in [2.05, 4.69) is 35.7 Å². The van der Waals surface area contributed by atoms with E-state index >= 15 is 0 Å². The van der Waals surface area contributed by atoms with Crippen LogP contribution in [0, 0.1) is 5.41 Å². The van der Waals surface area contributed by atoms with E-state index in [-0.39, 0.29) is 5.41 Å². The maximum atomic E-state index is 4.45. The molecule has 2 aromatic rings. The third kappa shape index (κ3) is 1.74. The third-order valence-corrected chi connectivity index (χ3v) is 1.95. The number of imidazole rings is 1. The van der Waals surface area contributed by atoms with Gasteiger partial charge in [-0.25, -0.2) is 4.98 Å². The summed E-state index contributed by atoms with van der Waals surface area (Å²) in [5.41, 5.74) is 2.34. The molecule has 0 amide bonds. The molecule has 0 saturated carbocycles. The summed E-state index contributed by atoms with van der Waals surface area (Å²) in [6.07, 6.45) is 2.88. The molecule has 0 fully saturated rings. The molecule has 2 aromatic heterocycles. The zero-order valence-electron chi connectivity index (χ0n) is 8.31. The SMILES string of the molecule is CC(C)(C)Cc1nc2[nH]ccc2[nH]1. The second-order valence-corrected chi connectivity index (χ2v) is 4.66. The minimum atomic E-state index is 0.287. The van der Waals surface area contributed by atoms with E-state index in [1.54, 1.807) is 0 Å². The number of rotatable bonds is 1. The maximum Gasteiger partial charge on any atom is 0.155 e. The highest BCUT2D eigenvalue weighted by Crippen LogP contribution is 2.20. The largest absolute Gasteiger partial charge is 0.345 e. The molecule has 0 spiro atoms. The summed E-state index contributed by atoms with van der Waals surface area (Å²) in [6, 6.07) is 2.01. The van der Waals surface area contributed by atoms with Crippen LogP contribution in [0.15, 0.2) is 12.3 Å². The van der Waals surface area contributed by atoms with Crippen LogP contribution in [0.5, 0.6) is 0 Å². The van der Waals surface area contributed by atoms with Crippen molar-refractivity contribution < 1.29 is 0 Å². The van der Waals surface area contributed by atoms with Crippen molar-refractivity contribution in [1.82, 2.24) is 15.0 Å². The minimum Gasteiger partial charge on any atom is -0.345 e. The van der Waals surface area contributed by atoms with Crippen molar-refractivity contribution >= 4 is 11.2 Å². The lowest BCUT2D eigenvalue weighted by molar-refractivity contribution is 0.402. The number of fused-ring (bicyclic) bond motifs is 1. The smallest absolute Gasteiger partial charge is 0.155 e. The fourth-order valence-corrected chi connectivity index (χ4v) is 1.46. The predicted molar refractivity (Wildman–Crippen MR) is 53.6 cm³/mol. The van der Waals surface area contributed by atoms with E-state index in [9.17, 15) is 0 Å². The molecule has 0 bridgehead atoms. The van der Waals surface area contributed by atoms with Crippen LogP contribution in [0.4, 0.5) is 0 Å². The van der Waals surface area contributed by atoms with Gasteiger partial charge in [0.05, 0.1) is 5.52 Å². The molecule has 2 heterocycles. The summed E-state index contributed by atoms with van der Waals surface area (Å²) in [6.45, 7) is 6.64. The monoisotopic (exact) mass is 177 g/mol. The van der Waals surface area contributed by atoms with Gasteiger partial charge in [-0.1, -0.05) is 20.8 Å². The Kier molecular flexibility index (Phi) is 1.68. The molecule has 0 saturated heterocycles. The summed E-state index contributed by atoms with van der Waals surface area (Å²) in [7, 11) is 0. The second-order valence-electron chi connectivity index (χ2n) is 4.66. The Morgan fingerprint density at radius 1 is 1.38 bits per heavy atom. The highest BCUT2D eigenvalue weighted by molar-refractivity contribution is 5.70. The minimum absolute atomic E-state index is 0.287. The first kappa shape index (κ1) is 8.35. The number of nitrogens with zero attached hydrogens (tertiary/aromatic N) is 1. The van der Waals surface area contributed by atoms with Gasteiger partial charge in [-0.2, -0.15) is 0 Å². The summed E-state index contributed by atoms with van der Waals surface area (Å²) in [4.78, 5) is 10.8. The van der Waals surface area contributed by atoms with E-state index in [1.165, 1.54) is 0 Å². The van der Waals surface area contributed by atoms with Crippen molar-refractivity contribution in [2.45, 2.75) is 27.2 Å². The molecule has 70 valence electrons. The van der Waals surface area contributed by atoms with Gasteiger partial charge in [-0.05, 0) is 11.5 Å². The van der Waals surface area contributed by atoms with Crippen LogP contribution in [-0.4, -0.2) is 15.0 Å². The molecule has 3 heteroatoms. The molecule has 13 heavy (non-hydrogen) atoms. The third-order valence-electron chi connectivity index (χ3n) is 1.95. The van der Waals surface area contributed by atoms with Gasteiger partial charge in [0.2, 0.25) is 0 Å². The van der Waals surface area contributed by atoms with Gasteiger partial charge in [-0.15, -0.1) is 0 Å². The van der Waals surface area contributed by atoms with E-state index in [0.29, 0.717) is 0 Å². The first-order valence-corrected chi connectivity index (χ1v) is 4.57. The van der Waals surface area contributed by atoms with E-state index < -0.39 is 0 Å². The van der Waals surface area contributed by atoms with Crippen molar-refractivity contribution in [3.05, 3.63) is 18.1 Å². The Labute approximate surface area is 77.6 Å². The number of nitrogens with one attached hydrogen (secondary N) is 2. The molecule has 2 N–H and O–H groups in total. The summed E-state index contributed by atoms with van der Waals surface area (Å²) < 4.78 is 0. The molecule has 0 aromatic carbocycles. The topological polar surface area (TPSA) is 44.5 Å². The number of aromatic nitrogens is 3.